The molecule has 2 heteroatoms. The van der Waals surface area contributed by atoms with E-state index in [2.05, 4.69) is 13.8 Å². The number of fused-ring (bicyclic) bond motifs is 5. The normalized spacial score (nSPS) is 53.0. The van der Waals surface area contributed by atoms with Crippen LogP contribution in [-0.4, -0.2) is 11.5 Å². The van der Waals surface area contributed by atoms with Gasteiger partial charge in [0.15, 0.2) is 0 Å². The van der Waals surface area contributed by atoms with E-state index < -0.39 is 0 Å². The highest BCUT2D eigenvalue weighted by Crippen LogP contribution is 2.64. The predicted octanol–water partition coefficient (Wildman–Crippen LogP) is 4.62. The minimum atomic E-state index is -0.184. The van der Waals surface area contributed by atoms with Crippen molar-refractivity contribution < 1.29 is 4.79 Å². The molecule has 0 bridgehead atoms. The molecule has 21 heavy (non-hydrogen) atoms. The van der Waals surface area contributed by atoms with E-state index >= 15 is 0 Å². The number of hydrogen-bond donors (Lipinski definition) is 1. The average molecular weight is 287 g/mol. The molecule has 1 N–H and O–H groups in total. The second-order valence-electron chi connectivity index (χ2n) is 8.86. The number of hydrogen-bond acceptors (Lipinski definition) is 2. The van der Waals surface area contributed by atoms with E-state index in [4.69, 9.17) is 5.41 Å². The van der Waals surface area contributed by atoms with Crippen molar-refractivity contribution in [2.24, 2.45) is 34.5 Å². The van der Waals surface area contributed by atoms with E-state index in [0.29, 0.717) is 23.5 Å². The summed E-state index contributed by atoms with van der Waals surface area (Å²) < 4.78 is 0. The summed E-state index contributed by atoms with van der Waals surface area (Å²) in [6.07, 6.45) is 11.0. The zero-order valence-corrected chi connectivity index (χ0v) is 13.6. The molecule has 2 nitrogen and oxygen atoms in total. The van der Waals surface area contributed by atoms with Gasteiger partial charge in [0.25, 0.3) is 0 Å². The molecular weight excluding hydrogens is 258 g/mol. The van der Waals surface area contributed by atoms with Crippen molar-refractivity contribution in [1.82, 2.24) is 0 Å². The summed E-state index contributed by atoms with van der Waals surface area (Å²) >= 11 is 0. The maximum absolute atomic E-state index is 12.4. The number of rotatable bonds is 0. The summed E-state index contributed by atoms with van der Waals surface area (Å²) in [5, 5.41) is 8.43. The van der Waals surface area contributed by atoms with Gasteiger partial charge in [-0.05, 0) is 61.7 Å². The maximum atomic E-state index is 12.4. The van der Waals surface area contributed by atoms with Crippen molar-refractivity contribution in [3.63, 3.8) is 0 Å². The van der Waals surface area contributed by atoms with Crippen LogP contribution in [0, 0.1) is 39.9 Å². The zero-order chi connectivity index (χ0) is 14.8. The Morgan fingerprint density at radius 1 is 1.05 bits per heavy atom. The Morgan fingerprint density at radius 3 is 2.67 bits per heavy atom. The third-order valence-electron chi connectivity index (χ3n) is 8.12. The Balaban J connectivity index is 1.70. The Labute approximate surface area is 128 Å². The van der Waals surface area contributed by atoms with Crippen LogP contribution in [0.1, 0.15) is 71.6 Å². The Hall–Kier alpha value is -0.660. The minimum absolute atomic E-state index is 0.184. The Morgan fingerprint density at radius 2 is 1.86 bits per heavy atom. The quantitative estimate of drug-likeness (QED) is 0.694. The monoisotopic (exact) mass is 287 g/mol. The first-order chi connectivity index (χ1) is 9.97. The molecular formula is C19H29NO. The molecule has 0 amide bonds. The number of carbonyl (C=O) groups excluding carboxylic acids is 1. The highest BCUT2D eigenvalue weighted by atomic mass is 16.1. The summed E-state index contributed by atoms with van der Waals surface area (Å²) in [5.41, 5.74) is 1.10. The molecule has 6 atom stereocenters. The highest BCUT2D eigenvalue weighted by molar-refractivity contribution is 6.12. The molecule has 4 fully saturated rings. The van der Waals surface area contributed by atoms with Crippen molar-refractivity contribution >= 4 is 11.5 Å². The maximum Gasteiger partial charge on any atom is 0.145 e. The Bertz CT molecular complexity index is 498. The van der Waals surface area contributed by atoms with E-state index in [1.807, 2.05) is 0 Å². The van der Waals surface area contributed by atoms with Gasteiger partial charge in [-0.3, -0.25) is 4.79 Å². The molecule has 4 aliphatic rings. The number of ketones is 1. The van der Waals surface area contributed by atoms with Crippen LogP contribution >= 0.6 is 0 Å². The third-order valence-corrected chi connectivity index (χ3v) is 8.12. The van der Waals surface area contributed by atoms with Crippen LogP contribution in [0.15, 0.2) is 0 Å². The van der Waals surface area contributed by atoms with E-state index in [-0.39, 0.29) is 11.3 Å². The molecule has 0 aromatic carbocycles. The summed E-state index contributed by atoms with van der Waals surface area (Å²) in [4.78, 5) is 12.4. The van der Waals surface area contributed by atoms with Gasteiger partial charge in [0.2, 0.25) is 0 Å². The van der Waals surface area contributed by atoms with E-state index in [1.54, 1.807) is 0 Å². The SMILES string of the molecule is C[C@]12CCCC[C@@H]1CC[C@@H]1[C@@H]2CC[C@]2(C)C(=O)CC(=N)[C@@H]12. The third kappa shape index (κ3) is 1.71. The largest absolute Gasteiger partial charge is 0.309 e. The number of nitrogens with one attached hydrogen (secondary N) is 1. The molecule has 0 saturated heterocycles. The second-order valence-corrected chi connectivity index (χ2v) is 8.86. The van der Waals surface area contributed by atoms with E-state index in [1.165, 1.54) is 44.9 Å². The van der Waals surface area contributed by atoms with Gasteiger partial charge in [0.1, 0.15) is 5.78 Å². The van der Waals surface area contributed by atoms with Crippen LogP contribution in [0.25, 0.3) is 0 Å². The molecule has 116 valence electrons. The lowest BCUT2D eigenvalue weighted by Crippen LogP contribution is -2.53. The fourth-order valence-electron chi connectivity index (χ4n) is 6.94. The van der Waals surface area contributed by atoms with Gasteiger partial charge in [-0.25, -0.2) is 0 Å². The predicted molar refractivity (Wildman–Crippen MR) is 84.5 cm³/mol. The van der Waals surface area contributed by atoms with Crippen LogP contribution in [0.4, 0.5) is 0 Å². The molecule has 0 spiro atoms. The van der Waals surface area contributed by atoms with Crippen LogP contribution in [0.2, 0.25) is 0 Å². The topological polar surface area (TPSA) is 40.9 Å². The van der Waals surface area contributed by atoms with Gasteiger partial charge in [0, 0.05) is 23.5 Å². The van der Waals surface area contributed by atoms with Crippen molar-refractivity contribution in [2.45, 2.75) is 71.6 Å². The van der Waals surface area contributed by atoms with E-state index in [0.717, 1.165) is 24.0 Å². The first kappa shape index (κ1) is 14.0. The fourth-order valence-corrected chi connectivity index (χ4v) is 6.94. The summed E-state index contributed by atoms with van der Waals surface area (Å²) in [6, 6.07) is 0. The summed E-state index contributed by atoms with van der Waals surface area (Å²) in [6.45, 7) is 4.73. The molecule has 4 aliphatic carbocycles. The van der Waals surface area contributed by atoms with Crippen molar-refractivity contribution in [2.75, 3.05) is 0 Å². The zero-order valence-electron chi connectivity index (χ0n) is 13.6. The average Bonchev–Trinajstić information content (AvgIpc) is 2.68. The molecule has 0 aliphatic heterocycles. The van der Waals surface area contributed by atoms with Gasteiger partial charge in [-0.15, -0.1) is 0 Å². The molecule has 4 saturated carbocycles. The summed E-state index contributed by atoms with van der Waals surface area (Å²) in [7, 11) is 0. The fraction of sp³-hybridized carbons (Fsp3) is 0.895. The van der Waals surface area contributed by atoms with Gasteiger partial charge in [-0.1, -0.05) is 26.7 Å². The van der Waals surface area contributed by atoms with Gasteiger partial charge < -0.3 is 5.41 Å². The van der Waals surface area contributed by atoms with Gasteiger partial charge in [0.05, 0.1) is 0 Å². The van der Waals surface area contributed by atoms with Crippen molar-refractivity contribution in [1.29, 1.82) is 5.41 Å². The first-order valence-electron chi connectivity index (χ1n) is 9.07. The van der Waals surface area contributed by atoms with Crippen molar-refractivity contribution in [3.8, 4) is 0 Å². The van der Waals surface area contributed by atoms with Crippen LogP contribution in [0.5, 0.6) is 0 Å². The highest BCUT2D eigenvalue weighted by Gasteiger charge is 2.61. The first-order valence-corrected chi connectivity index (χ1v) is 9.07. The van der Waals surface area contributed by atoms with Crippen LogP contribution in [0.3, 0.4) is 0 Å². The molecule has 4 rings (SSSR count). The Kier molecular flexibility index (Phi) is 2.94. The van der Waals surface area contributed by atoms with Gasteiger partial charge in [-0.2, -0.15) is 0 Å². The van der Waals surface area contributed by atoms with Crippen LogP contribution < -0.4 is 0 Å². The van der Waals surface area contributed by atoms with Crippen molar-refractivity contribution in [3.05, 3.63) is 0 Å². The standard InChI is InChI=1S/C19H29NO/c1-18-9-4-3-5-12(18)6-7-13-14(18)8-10-19(2)16(21)11-15(20)17(13)19/h12-14,17,20H,3-11H2,1-2H3/t12-,13-,14+,17-,18+,19-/m1/s1. The van der Waals surface area contributed by atoms with Gasteiger partial charge >= 0.3 is 0 Å². The molecule has 0 radical (unpaired) electrons. The lowest BCUT2D eigenvalue weighted by molar-refractivity contribution is -0.136. The minimum Gasteiger partial charge on any atom is -0.309 e. The molecule has 0 aromatic heterocycles. The molecule has 0 heterocycles. The lowest BCUT2D eigenvalue weighted by Gasteiger charge is -2.59. The van der Waals surface area contributed by atoms with Crippen LogP contribution in [-0.2, 0) is 4.79 Å². The number of Topliss-reactive ketones (excluding diaryl/α,β-unsaturated/α-hetero) is 1. The lowest BCUT2D eigenvalue weighted by atomic mass is 9.45. The molecule has 0 aromatic rings. The van der Waals surface area contributed by atoms with E-state index in [9.17, 15) is 4.79 Å². The second kappa shape index (κ2) is 4.43. The number of carbonyl (C=O) groups is 1. The smallest absolute Gasteiger partial charge is 0.145 e. The summed E-state index contributed by atoms with van der Waals surface area (Å²) in [5.74, 6) is 2.97. The molecule has 0 unspecified atom stereocenters.